The van der Waals surface area contributed by atoms with E-state index in [0.29, 0.717) is 17.4 Å². The highest BCUT2D eigenvalue weighted by Gasteiger charge is 2.30. The van der Waals surface area contributed by atoms with Crippen LogP contribution in [0.3, 0.4) is 0 Å². The molecule has 0 amide bonds. The molecule has 3 heterocycles. The molecule has 1 saturated heterocycles. The molecule has 0 aliphatic carbocycles. The van der Waals surface area contributed by atoms with Crippen LogP contribution >= 0.6 is 11.6 Å². The minimum Gasteiger partial charge on any atom is -0.507 e. The third-order valence-electron chi connectivity index (χ3n) is 4.96. The van der Waals surface area contributed by atoms with Gasteiger partial charge in [0, 0.05) is 43.7 Å². The number of phenolic OH excluding ortho intramolecular Hbond substituents is 2. The lowest BCUT2D eigenvalue weighted by molar-refractivity contribution is 0.150. The number of hydrogen-bond donors (Lipinski definition) is 3. The van der Waals surface area contributed by atoms with Crippen LogP contribution in [0.1, 0.15) is 24.1 Å². The number of fused-ring (bicyclic) bond motifs is 1. The largest absolute Gasteiger partial charge is 0.507 e. The molecule has 1 unspecified atom stereocenters. The fourth-order valence-electron chi connectivity index (χ4n) is 3.63. The molecule has 128 valence electrons. The molecule has 6 nitrogen and oxygen atoms in total. The summed E-state index contributed by atoms with van der Waals surface area (Å²) in [6.45, 7) is 3.81. The Hall–Kier alpha value is -1.76. The van der Waals surface area contributed by atoms with Crippen molar-refractivity contribution in [2.75, 3.05) is 19.6 Å². The summed E-state index contributed by atoms with van der Waals surface area (Å²) in [5.41, 5.74) is 2.41. The second kappa shape index (κ2) is 6.27. The molecule has 7 heteroatoms. The number of phenols is 2. The second-order valence-electron chi connectivity index (χ2n) is 6.48. The van der Waals surface area contributed by atoms with Gasteiger partial charge >= 0.3 is 0 Å². The fourth-order valence-corrected chi connectivity index (χ4v) is 3.80. The van der Waals surface area contributed by atoms with Crippen LogP contribution in [0.25, 0.3) is 11.3 Å². The van der Waals surface area contributed by atoms with E-state index in [9.17, 15) is 10.2 Å². The first-order chi connectivity index (χ1) is 11.6. The van der Waals surface area contributed by atoms with E-state index < -0.39 is 0 Å². The highest BCUT2D eigenvalue weighted by atomic mass is 35.5. The number of hydrogen-bond acceptors (Lipinski definition) is 6. The molecule has 2 aliphatic rings. The number of aromatic hydroxyl groups is 2. The second-order valence-corrected chi connectivity index (χ2v) is 6.89. The van der Waals surface area contributed by atoms with Crippen LogP contribution in [-0.4, -0.2) is 45.9 Å². The third kappa shape index (κ3) is 2.75. The van der Waals surface area contributed by atoms with Gasteiger partial charge in [-0.15, -0.1) is 0 Å². The van der Waals surface area contributed by atoms with Crippen LogP contribution in [0.4, 0.5) is 0 Å². The Balaban J connectivity index is 1.66. The maximum absolute atomic E-state index is 10.2. The molecule has 0 radical (unpaired) electrons. The van der Waals surface area contributed by atoms with E-state index in [1.807, 2.05) is 0 Å². The van der Waals surface area contributed by atoms with Gasteiger partial charge in [-0.25, -0.2) is 0 Å². The first-order valence-electron chi connectivity index (χ1n) is 8.27. The van der Waals surface area contributed by atoms with Gasteiger partial charge in [-0.2, -0.15) is 0 Å². The van der Waals surface area contributed by atoms with Gasteiger partial charge in [0.15, 0.2) is 5.76 Å². The molecule has 4 rings (SSSR count). The van der Waals surface area contributed by atoms with Crippen molar-refractivity contribution < 1.29 is 14.7 Å². The molecule has 0 saturated carbocycles. The Kier molecular flexibility index (Phi) is 4.12. The monoisotopic (exact) mass is 349 g/mol. The molecule has 2 aromatic rings. The van der Waals surface area contributed by atoms with Crippen molar-refractivity contribution in [2.45, 2.75) is 31.8 Å². The zero-order chi connectivity index (χ0) is 16.7. The maximum Gasteiger partial charge on any atom is 0.175 e. The molecular weight excluding hydrogens is 330 g/mol. The summed E-state index contributed by atoms with van der Waals surface area (Å²) in [6, 6.07) is 3.28. The van der Waals surface area contributed by atoms with Gasteiger partial charge in [0.2, 0.25) is 0 Å². The lowest BCUT2D eigenvalue weighted by Gasteiger charge is -2.36. The van der Waals surface area contributed by atoms with Gasteiger partial charge in [-0.05, 0) is 25.5 Å². The summed E-state index contributed by atoms with van der Waals surface area (Å²) in [6.07, 6.45) is 3.22. The lowest BCUT2D eigenvalue weighted by atomic mass is 9.97. The van der Waals surface area contributed by atoms with Crippen molar-refractivity contribution in [2.24, 2.45) is 0 Å². The third-order valence-corrected chi connectivity index (χ3v) is 5.27. The smallest absolute Gasteiger partial charge is 0.175 e. The Morgan fingerprint density at radius 2 is 2.17 bits per heavy atom. The molecular formula is C17H20ClN3O3. The normalized spacial score (nSPS) is 21.6. The van der Waals surface area contributed by atoms with Crippen molar-refractivity contribution in [3.63, 3.8) is 0 Å². The van der Waals surface area contributed by atoms with Crippen LogP contribution in [0.15, 0.2) is 16.7 Å². The number of nitrogens with zero attached hydrogens (tertiary/aromatic N) is 2. The minimum absolute atomic E-state index is 0.0627. The average molecular weight is 350 g/mol. The predicted octanol–water partition coefficient (Wildman–Crippen LogP) is 2.52. The van der Waals surface area contributed by atoms with E-state index in [0.717, 1.165) is 43.9 Å². The van der Waals surface area contributed by atoms with Crippen LogP contribution in [-0.2, 0) is 13.0 Å². The highest BCUT2D eigenvalue weighted by Crippen LogP contribution is 2.40. The van der Waals surface area contributed by atoms with Crippen LogP contribution in [0.5, 0.6) is 11.5 Å². The lowest BCUT2D eigenvalue weighted by Crippen LogP contribution is -2.47. The standard InChI is InChI=1S/C17H20ClN3O3/c18-13-6-11(15(22)7-16(13)23)17-12-9-21(5-3-14(12)20-24-17)10-2-1-4-19-8-10/h6-7,10,19,22-23H,1-5,8-9H2. The summed E-state index contributed by atoms with van der Waals surface area (Å²) in [5, 5.41) is 27.6. The van der Waals surface area contributed by atoms with E-state index in [1.165, 1.54) is 25.0 Å². The summed E-state index contributed by atoms with van der Waals surface area (Å²) in [4.78, 5) is 2.45. The van der Waals surface area contributed by atoms with E-state index in [-0.39, 0.29) is 16.5 Å². The van der Waals surface area contributed by atoms with E-state index in [4.69, 9.17) is 16.1 Å². The van der Waals surface area contributed by atoms with Crippen LogP contribution in [0.2, 0.25) is 5.02 Å². The number of aromatic nitrogens is 1. The zero-order valence-electron chi connectivity index (χ0n) is 13.3. The number of rotatable bonds is 2. The van der Waals surface area contributed by atoms with Gasteiger partial charge < -0.3 is 20.1 Å². The molecule has 1 fully saturated rings. The molecule has 2 aliphatic heterocycles. The van der Waals surface area contributed by atoms with Crippen molar-refractivity contribution in [3.05, 3.63) is 28.4 Å². The topological polar surface area (TPSA) is 81.8 Å². The van der Waals surface area contributed by atoms with Gasteiger partial charge in [0.25, 0.3) is 0 Å². The first-order valence-corrected chi connectivity index (χ1v) is 8.65. The SMILES string of the molecule is Oc1cc(O)c(-c2onc3c2CN(C2CCCNC2)CC3)cc1Cl. The van der Waals surface area contributed by atoms with E-state index in [1.54, 1.807) is 0 Å². The van der Waals surface area contributed by atoms with Gasteiger partial charge in [0.1, 0.15) is 11.5 Å². The number of piperidine rings is 1. The van der Waals surface area contributed by atoms with Gasteiger partial charge in [0.05, 0.1) is 16.3 Å². The van der Waals surface area contributed by atoms with Crippen LogP contribution < -0.4 is 5.32 Å². The summed E-state index contributed by atoms with van der Waals surface area (Å²) in [5.74, 6) is 0.325. The molecule has 1 atom stereocenters. The minimum atomic E-state index is -0.152. The van der Waals surface area contributed by atoms with Crippen molar-refractivity contribution in [1.82, 2.24) is 15.4 Å². The average Bonchev–Trinajstić information content (AvgIpc) is 3.02. The van der Waals surface area contributed by atoms with Crippen molar-refractivity contribution >= 4 is 11.6 Å². The molecule has 0 spiro atoms. The highest BCUT2D eigenvalue weighted by molar-refractivity contribution is 6.32. The Labute approximate surface area is 145 Å². The Morgan fingerprint density at radius 1 is 1.29 bits per heavy atom. The van der Waals surface area contributed by atoms with Gasteiger partial charge in [-0.3, -0.25) is 4.90 Å². The Bertz CT molecular complexity index is 756. The van der Waals surface area contributed by atoms with Crippen LogP contribution in [0, 0.1) is 0 Å². The predicted molar refractivity (Wildman–Crippen MR) is 90.3 cm³/mol. The number of halogens is 1. The fraction of sp³-hybridized carbons (Fsp3) is 0.471. The van der Waals surface area contributed by atoms with Crippen molar-refractivity contribution in [1.29, 1.82) is 0 Å². The number of benzene rings is 1. The summed E-state index contributed by atoms with van der Waals surface area (Å²) >= 11 is 5.99. The van der Waals surface area contributed by atoms with E-state index >= 15 is 0 Å². The molecule has 0 bridgehead atoms. The Morgan fingerprint density at radius 3 is 2.96 bits per heavy atom. The summed E-state index contributed by atoms with van der Waals surface area (Å²) in [7, 11) is 0. The van der Waals surface area contributed by atoms with Gasteiger partial charge in [-0.1, -0.05) is 16.8 Å². The quantitative estimate of drug-likeness (QED) is 0.773. The number of nitrogens with one attached hydrogen (secondary N) is 1. The molecule has 24 heavy (non-hydrogen) atoms. The first kappa shape index (κ1) is 15.7. The molecule has 1 aromatic heterocycles. The zero-order valence-corrected chi connectivity index (χ0v) is 14.0. The molecule has 3 N–H and O–H groups in total. The maximum atomic E-state index is 10.2. The molecule has 1 aromatic carbocycles. The van der Waals surface area contributed by atoms with E-state index in [2.05, 4.69) is 15.4 Å². The van der Waals surface area contributed by atoms with Crippen molar-refractivity contribution in [3.8, 4) is 22.8 Å². The summed E-state index contributed by atoms with van der Waals surface area (Å²) < 4.78 is 5.52.